The molecule has 0 bridgehead atoms. The Morgan fingerprint density at radius 2 is 1.64 bits per heavy atom. The lowest BCUT2D eigenvalue weighted by Gasteiger charge is -2.18. The second kappa shape index (κ2) is 5.44. The van der Waals surface area contributed by atoms with Crippen LogP contribution in [0.3, 0.4) is 0 Å². The standard InChI is InChI=1S/C10H17NO2.ClH/c12-10(11-7-3-4-8-11)13-9-5-1-2-6-9;/h9H,1-8H2;1H. The summed E-state index contributed by atoms with van der Waals surface area (Å²) in [6.45, 7) is 1.79. The van der Waals surface area contributed by atoms with Crippen LogP contribution in [0.25, 0.3) is 0 Å². The van der Waals surface area contributed by atoms with E-state index in [0.717, 1.165) is 38.8 Å². The van der Waals surface area contributed by atoms with Crippen LogP contribution in [0.1, 0.15) is 38.5 Å². The van der Waals surface area contributed by atoms with Crippen LogP contribution in [0, 0.1) is 0 Å². The number of halogens is 1. The average Bonchev–Trinajstić information content (AvgIpc) is 2.74. The van der Waals surface area contributed by atoms with Gasteiger partial charge in [0.25, 0.3) is 0 Å². The Morgan fingerprint density at radius 3 is 2.21 bits per heavy atom. The van der Waals surface area contributed by atoms with E-state index in [1.54, 1.807) is 0 Å². The molecule has 1 amide bonds. The van der Waals surface area contributed by atoms with Crippen molar-refractivity contribution in [2.75, 3.05) is 13.1 Å². The summed E-state index contributed by atoms with van der Waals surface area (Å²) in [5.41, 5.74) is 0. The van der Waals surface area contributed by atoms with E-state index in [1.165, 1.54) is 12.8 Å². The van der Waals surface area contributed by atoms with E-state index in [4.69, 9.17) is 4.74 Å². The fourth-order valence-corrected chi connectivity index (χ4v) is 2.12. The molecule has 2 fully saturated rings. The number of ether oxygens (including phenoxy) is 1. The number of nitrogens with zero attached hydrogens (tertiary/aromatic N) is 1. The van der Waals surface area contributed by atoms with Gasteiger partial charge in [0.1, 0.15) is 6.10 Å². The minimum atomic E-state index is -0.0793. The lowest BCUT2D eigenvalue weighted by molar-refractivity contribution is 0.0716. The summed E-state index contributed by atoms with van der Waals surface area (Å²) in [7, 11) is 0. The zero-order chi connectivity index (χ0) is 9.10. The van der Waals surface area contributed by atoms with Crippen LogP contribution in [0.2, 0.25) is 0 Å². The van der Waals surface area contributed by atoms with Crippen LogP contribution in [-0.4, -0.2) is 30.2 Å². The van der Waals surface area contributed by atoms with E-state index in [-0.39, 0.29) is 24.6 Å². The zero-order valence-electron chi connectivity index (χ0n) is 8.41. The van der Waals surface area contributed by atoms with Gasteiger partial charge in [0.15, 0.2) is 0 Å². The van der Waals surface area contributed by atoms with Crippen molar-refractivity contribution in [1.82, 2.24) is 4.90 Å². The van der Waals surface area contributed by atoms with Gasteiger partial charge >= 0.3 is 6.09 Å². The minimum absolute atomic E-state index is 0. The number of amides is 1. The first-order valence-corrected chi connectivity index (χ1v) is 5.32. The topological polar surface area (TPSA) is 29.5 Å². The molecule has 0 atom stereocenters. The minimum Gasteiger partial charge on any atom is -0.446 e. The summed E-state index contributed by atoms with van der Waals surface area (Å²) in [5, 5.41) is 0. The molecule has 0 radical (unpaired) electrons. The Balaban J connectivity index is 0.000000980. The normalized spacial score (nSPS) is 22.1. The summed E-state index contributed by atoms with van der Waals surface area (Å²) < 4.78 is 5.38. The Morgan fingerprint density at radius 1 is 1.07 bits per heavy atom. The predicted molar refractivity (Wildman–Crippen MR) is 56.8 cm³/mol. The van der Waals surface area contributed by atoms with Crippen molar-refractivity contribution >= 4 is 18.5 Å². The molecule has 4 heteroatoms. The van der Waals surface area contributed by atoms with Crippen LogP contribution in [0.4, 0.5) is 4.79 Å². The Bertz CT molecular complexity index is 187. The van der Waals surface area contributed by atoms with Crippen molar-refractivity contribution in [2.45, 2.75) is 44.6 Å². The van der Waals surface area contributed by atoms with Gasteiger partial charge < -0.3 is 9.64 Å². The molecule has 0 aromatic rings. The number of rotatable bonds is 1. The second-order valence-electron chi connectivity index (χ2n) is 3.98. The molecule has 0 aromatic carbocycles. The zero-order valence-corrected chi connectivity index (χ0v) is 9.22. The Hall–Kier alpha value is -0.440. The number of carbonyl (C=O) groups is 1. The highest BCUT2D eigenvalue weighted by Crippen LogP contribution is 2.22. The molecule has 1 heterocycles. The maximum absolute atomic E-state index is 11.5. The first-order chi connectivity index (χ1) is 6.36. The number of hydrogen-bond acceptors (Lipinski definition) is 2. The first kappa shape index (κ1) is 11.6. The lowest BCUT2D eigenvalue weighted by atomic mass is 10.3. The fraction of sp³-hybridized carbons (Fsp3) is 0.900. The van der Waals surface area contributed by atoms with Crippen LogP contribution >= 0.6 is 12.4 Å². The van der Waals surface area contributed by atoms with Gasteiger partial charge in [0.05, 0.1) is 0 Å². The van der Waals surface area contributed by atoms with Gasteiger partial charge in [0.2, 0.25) is 0 Å². The van der Waals surface area contributed by atoms with Crippen molar-refractivity contribution in [3.05, 3.63) is 0 Å². The van der Waals surface area contributed by atoms with Gasteiger partial charge in [-0.3, -0.25) is 0 Å². The molecule has 0 N–H and O–H groups in total. The quantitative estimate of drug-likeness (QED) is 0.679. The maximum atomic E-state index is 11.5. The van der Waals surface area contributed by atoms with E-state index < -0.39 is 0 Å². The predicted octanol–water partition coefficient (Wildman–Crippen LogP) is 2.58. The third kappa shape index (κ3) is 2.77. The van der Waals surface area contributed by atoms with Gasteiger partial charge in [0, 0.05) is 13.1 Å². The molecule has 0 aromatic heterocycles. The van der Waals surface area contributed by atoms with E-state index in [1.807, 2.05) is 4.90 Å². The summed E-state index contributed by atoms with van der Waals surface area (Å²) in [5.74, 6) is 0. The number of carbonyl (C=O) groups excluding carboxylic acids is 1. The highest BCUT2D eigenvalue weighted by molar-refractivity contribution is 5.85. The van der Waals surface area contributed by atoms with Crippen LogP contribution in [-0.2, 0) is 4.74 Å². The largest absolute Gasteiger partial charge is 0.446 e. The van der Waals surface area contributed by atoms with Crippen molar-refractivity contribution in [1.29, 1.82) is 0 Å². The third-order valence-corrected chi connectivity index (χ3v) is 2.93. The smallest absolute Gasteiger partial charge is 0.410 e. The van der Waals surface area contributed by atoms with Crippen molar-refractivity contribution in [2.24, 2.45) is 0 Å². The SMILES string of the molecule is Cl.O=C(OC1CCCC1)N1CCCC1. The molecule has 1 aliphatic heterocycles. The monoisotopic (exact) mass is 219 g/mol. The molecule has 1 saturated carbocycles. The van der Waals surface area contributed by atoms with Crippen LogP contribution < -0.4 is 0 Å². The fourth-order valence-electron chi connectivity index (χ4n) is 2.12. The van der Waals surface area contributed by atoms with E-state index in [9.17, 15) is 4.79 Å². The van der Waals surface area contributed by atoms with Crippen LogP contribution in [0.5, 0.6) is 0 Å². The van der Waals surface area contributed by atoms with Gasteiger partial charge in [-0.1, -0.05) is 0 Å². The molecule has 0 unspecified atom stereocenters. The van der Waals surface area contributed by atoms with E-state index >= 15 is 0 Å². The summed E-state index contributed by atoms with van der Waals surface area (Å²) in [6.07, 6.45) is 6.99. The third-order valence-electron chi connectivity index (χ3n) is 2.93. The molecule has 2 aliphatic rings. The molecular formula is C10H18ClNO2. The van der Waals surface area contributed by atoms with Gasteiger partial charge in [-0.25, -0.2) is 4.79 Å². The van der Waals surface area contributed by atoms with Crippen LogP contribution in [0.15, 0.2) is 0 Å². The molecule has 1 aliphatic carbocycles. The summed E-state index contributed by atoms with van der Waals surface area (Å²) in [4.78, 5) is 13.3. The van der Waals surface area contributed by atoms with Gasteiger partial charge in [-0.2, -0.15) is 0 Å². The molecular weight excluding hydrogens is 202 g/mol. The number of hydrogen-bond donors (Lipinski definition) is 0. The Kier molecular flexibility index (Phi) is 4.52. The summed E-state index contributed by atoms with van der Waals surface area (Å²) >= 11 is 0. The molecule has 82 valence electrons. The average molecular weight is 220 g/mol. The number of likely N-dealkylation sites (tertiary alicyclic amines) is 1. The first-order valence-electron chi connectivity index (χ1n) is 5.32. The van der Waals surface area contributed by atoms with Gasteiger partial charge in [-0.15, -0.1) is 12.4 Å². The maximum Gasteiger partial charge on any atom is 0.410 e. The van der Waals surface area contributed by atoms with Crippen molar-refractivity contribution in [3.8, 4) is 0 Å². The molecule has 2 rings (SSSR count). The van der Waals surface area contributed by atoms with Gasteiger partial charge in [-0.05, 0) is 38.5 Å². The highest BCUT2D eigenvalue weighted by atomic mass is 35.5. The highest BCUT2D eigenvalue weighted by Gasteiger charge is 2.24. The second-order valence-corrected chi connectivity index (χ2v) is 3.98. The molecule has 14 heavy (non-hydrogen) atoms. The summed E-state index contributed by atoms with van der Waals surface area (Å²) in [6, 6.07) is 0. The molecule has 0 spiro atoms. The molecule has 1 saturated heterocycles. The van der Waals surface area contributed by atoms with E-state index in [2.05, 4.69) is 0 Å². The molecule has 3 nitrogen and oxygen atoms in total. The Labute approximate surface area is 91.2 Å². The van der Waals surface area contributed by atoms with Crippen molar-refractivity contribution in [3.63, 3.8) is 0 Å². The van der Waals surface area contributed by atoms with E-state index in [0.29, 0.717) is 0 Å². The lowest BCUT2D eigenvalue weighted by Crippen LogP contribution is -2.31. The van der Waals surface area contributed by atoms with Crippen molar-refractivity contribution < 1.29 is 9.53 Å².